The number of aliphatic hydroxyl groups is 2. The van der Waals surface area contributed by atoms with Crippen LogP contribution in [0.2, 0.25) is 0 Å². The van der Waals surface area contributed by atoms with Crippen LogP contribution in [0.1, 0.15) is 5.69 Å². The molecular formula is C12H11Cl2N5O3. The monoisotopic (exact) mass is 343 g/mol. The maximum Gasteiger partial charge on any atom is 0.232 e. The lowest BCUT2D eigenvalue weighted by molar-refractivity contribution is -0.0524. The van der Waals surface area contributed by atoms with Gasteiger partial charge in [-0.3, -0.25) is 0 Å². The van der Waals surface area contributed by atoms with E-state index in [0.717, 1.165) is 0 Å². The Labute approximate surface area is 134 Å². The van der Waals surface area contributed by atoms with E-state index in [1.807, 2.05) is 6.07 Å². The summed E-state index contributed by atoms with van der Waals surface area (Å²) < 4.78 is 4.83. The van der Waals surface area contributed by atoms with Gasteiger partial charge in [0.25, 0.3) is 0 Å². The number of alkyl halides is 2. The van der Waals surface area contributed by atoms with Crippen LogP contribution in [0.4, 0.5) is 5.82 Å². The van der Waals surface area contributed by atoms with Crippen molar-refractivity contribution >= 4 is 34.5 Å². The van der Waals surface area contributed by atoms with Crippen LogP contribution in [0.3, 0.4) is 0 Å². The van der Waals surface area contributed by atoms with Crippen molar-refractivity contribution in [1.82, 2.24) is 14.6 Å². The Morgan fingerprint density at radius 1 is 1.50 bits per heavy atom. The van der Waals surface area contributed by atoms with E-state index in [9.17, 15) is 15.5 Å². The predicted molar refractivity (Wildman–Crippen MR) is 77.1 cm³/mol. The van der Waals surface area contributed by atoms with E-state index in [1.165, 1.54) is 16.9 Å². The molecule has 0 unspecified atom stereocenters. The van der Waals surface area contributed by atoms with Gasteiger partial charge in [-0.15, -0.1) is 0 Å². The van der Waals surface area contributed by atoms with Crippen molar-refractivity contribution in [1.29, 1.82) is 5.26 Å². The molecule has 3 heterocycles. The summed E-state index contributed by atoms with van der Waals surface area (Å²) in [5, 5.41) is 33.1. The molecule has 0 saturated carbocycles. The van der Waals surface area contributed by atoms with Crippen LogP contribution in [0.25, 0.3) is 5.52 Å². The Balaban J connectivity index is 2.27. The van der Waals surface area contributed by atoms with Crippen molar-refractivity contribution in [2.45, 2.75) is 22.1 Å². The number of rotatable bonds is 2. The minimum Gasteiger partial charge on any atom is -0.394 e. The molecule has 0 aliphatic carbocycles. The molecule has 0 spiro atoms. The minimum atomic E-state index is -2.01. The molecular weight excluding hydrogens is 333 g/mol. The Morgan fingerprint density at radius 2 is 2.23 bits per heavy atom. The molecule has 116 valence electrons. The van der Waals surface area contributed by atoms with Crippen LogP contribution in [0.5, 0.6) is 0 Å². The largest absolute Gasteiger partial charge is 0.394 e. The van der Waals surface area contributed by atoms with Gasteiger partial charge in [-0.25, -0.2) is 9.50 Å². The summed E-state index contributed by atoms with van der Waals surface area (Å²) in [6.45, 7) is -0.549. The molecule has 1 aliphatic heterocycles. The SMILES string of the molecule is N#C[C@@]1(c2ccc3c(N)ncnn23)O[C@H](CO)[C@H](O)C1(Cl)Cl. The lowest BCUT2D eigenvalue weighted by Crippen LogP contribution is -2.45. The van der Waals surface area contributed by atoms with Crippen LogP contribution >= 0.6 is 23.2 Å². The van der Waals surface area contributed by atoms with Gasteiger partial charge in [-0.1, -0.05) is 23.2 Å². The van der Waals surface area contributed by atoms with Crippen molar-refractivity contribution in [2.24, 2.45) is 0 Å². The number of fused-ring (bicyclic) bond motifs is 1. The summed E-state index contributed by atoms with van der Waals surface area (Å²) in [5.41, 5.74) is 4.43. The average molecular weight is 344 g/mol. The number of hydrogen-bond donors (Lipinski definition) is 3. The maximum atomic E-state index is 10.1. The molecule has 0 aromatic carbocycles. The van der Waals surface area contributed by atoms with E-state index in [-0.39, 0.29) is 11.5 Å². The zero-order valence-electron chi connectivity index (χ0n) is 11.0. The molecule has 2 aromatic rings. The number of hydrogen-bond acceptors (Lipinski definition) is 7. The summed E-state index contributed by atoms with van der Waals surface area (Å²) in [7, 11) is 0. The Kier molecular flexibility index (Phi) is 3.43. The molecule has 10 heteroatoms. The van der Waals surface area contributed by atoms with E-state index >= 15 is 0 Å². The van der Waals surface area contributed by atoms with Gasteiger partial charge in [0.05, 0.1) is 12.3 Å². The standard InChI is InChI=1S/C12H11Cl2N5O3/c13-12(14)9(21)7(3-20)22-11(12,4-15)8-2-1-6-10(16)17-5-18-19(6)8/h1-2,5,7,9,20-21H,3H2,(H2,16,17,18)/t7-,9+,11+/m1/s1. The number of aromatic nitrogens is 3. The van der Waals surface area contributed by atoms with E-state index in [1.54, 1.807) is 6.07 Å². The highest BCUT2D eigenvalue weighted by atomic mass is 35.5. The molecule has 8 nitrogen and oxygen atoms in total. The fourth-order valence-corrected chi connectivity index (χ4v) is 3.21. The van der Waals surface area contributed by atoms with E-state index in [2.05, 4.69) is 10.1 Å². The van der Waals surface area contributed by atoms with Crippen LogP contribution in [-0.2, 0) is 10.3 Å². The number of anilines is 1. The number of aliphatic hydroxyl groups excluding tert-OH is 2. The lowest BCUT2D eigenvalue weighted by atomic mass is 9.94. The highest BCUT2D eigenvalue weighted by Crippen LogP contribution is 2.53. The average Bonchev–Trinajstić information content (AvgIpc) is 3.01. The van der Waals surface area contributed by atoms with Crippen molar-refractivity contribution in [2.75, 3.05) is 12.3 Å². The first-order valence-corrected chi connectivity index (χ1v) is 6.99. The van der Waals surface area contributed by atoms with Gasteiger partial charge < -0.3 is 20.7 Å². The van der Waals surface area contributed by atoms with Gasteiger partial charge >= 0.3 is 0 Å². The predicted octanol–water partition coefficient (Wildman–Crippen LogP) is -0.0437. The molecule has 0 radical (unpaired) electrons. The Bertz CT molecular complexity index is 774. The van der Waals surface area contributed by atoms with Gasteiger partial charge in [0.15, 0.2) is 10.2 Å². The van der Waals surface area contributed by atoms with Crippen molar-refractivity contribution in [3.8, 4) is 6.07 Å². The molecule has 1 saturated heterocycles. The first kappa shape index (κ1) is 15.3. The highest BCUT2D eigenvalue weighted by molar-refractivity contribution is 6.50. The Hall–Kier alpha value is -1.63. The second-order valence-electron chi connectivity index (χ2n) is 4.86. The second kappa shape index (κ2) is 4.94. The lowest BCUT2D eigenvalue weighted by Gasteiger charge is -2.30. The fourth-order valence-electron chi connectivity index (χ4n) is 2.56. The van der Waals surface area contributed by atoms with Crippen LogP contribution in [0, 0.1) is 11.3 Å². The molecule has 2 aromatic heterocycles. The van der Waals surface area contributed by atoms with Crippen LogP contribution in [-0.4, -0.2) is 48.0 Å². The highest BCUT2D eigenvalue weighted by Gasteiger charge is 2.67. The maximum absolute atomic E-state index is 10.1. The molecule has 3 rings (SSSR count). The summed E-state index contributed by atoms with van der Waals surface area (Å²) in [5.74, 6) is 0.196. The molecule has 1 fully saturated rings. The van der Waals surface area contributed by atoms with Gasteiger partial charge in [-0.05, 0) is 12.1 Å². The third kappa shape index (κ3) is 1.74. The number of halogens is 2. The molecule has 4 N–H and O–H groups in total. The number of ether oxygens (including phenoxy) is 1. The zero-order valence-corrected chi connectivity index (χ0v) is 12.5. The van der Waals surface area contributed by atoms with Crippen molar-refractivity contribution < 1.29 is 14.9 Å². The number of nitriles is 1. The number of nitrogens with zero attached hydrogens (tertiary/aromatic N) is 4. The normalized spacial score (nSPS) is 30.5. The molecule has 1 aliphatic rings. The van der Waals surface area contributed by atoms with Crippen molar-refractivity contribution in [3.05, 3.63) is 24.2 Å². The second-order valence-corrected chi connectivity index (χ2v) is 6.25. The minimum absolute atomic E-state index is 0.180. The third-order valence-electron chi connectivity index (χ3n) is 3.70. The first-order valence-electron chi connectivity index (χ1n) is 6.23. The quantitative estimate of drug-likeness (QED) is 0.652. The van der Waals surface area contributed by atoms with Gasteiger partial charge in [-0.2, -0.15) is 10.4 Å². The number of nitrogen functional groups attached to an aromatic ring is 1. The van der Waals surface area contributed by atoms with Gasteiger partial charge in [0.2, 0.25) is 5.60 Å². The molecule has 3 atom stereocenters. The van der Waals surface area contributed by atoms with E-state index in [0.29, 0.717) is 5.52 Å². The summed E-state index contributed by atoms with van der Waals surface area (Å²) in [6.07, 6.45) is -1.37. The van der Waals surface area contributed by atoms with E-state index in [4.69, 9.17) is 33.7 Å². The van der Waals surface area contributed by atoms with Gasteiger partial charge in [0, 0.05) is 0 Å². The Morgan fingerprint density at radius 3 is 2.82 bits per heavy atom. The first-order chi connectivity index (χ1) is 10.4. The molecule has 22 heavy (non-hydrogen) atoms. The topological polar surface area (TPSA) is 130 Å². The van der Waals surface area contributed by atoms with Crippen LogP contribution < -0.4 is 5.73 Å². The van der Waals surface area contributed by atoms with Gasteiger partial charge in [0.1, 0.15) is 30.1 Å². The van der Waals surface area contributed by atoms with Crippen LogP contribution in [0.15, 0.2) is 18.5 Å². The zero-order chi connectivity index (χ0) is 16.1. The number of nitrogens with two attached hydrogens (primary N) is 1. The fraction of sp³-hybridized carbons (Fsp3) is 0.417. The summed E-state index contributed by atoms with van der Waals surface area (Å²) in [4.78, 5) is 3.84. The summed E-state index contributed by atoms with van der Waals surface area (Å²) >= 11 is 12.4. The third-order valence-corrected chi connectivity index (χ3v) is 4.68. The molecule has 0 amide bonds. The van der Waals surface area contributed by atoms with Crippen molar-refractivity contribution in [3.63, 3.8) is 0 Å². The molecule has 0 bridgehead atoms. The summed E-state index contributed by atoms with van der Waals surface area (Å²) in [6, 6.07) is 4.99. The smallest absolute Gasteiger partial charge is 0.232 e. The van der Waals surface area contributed by atoms with E-state index < -0.39 is 28.7 Å².